The van der Waals surface area contributed by atoms with Gasteiger partial charge in [0.2, 0.25) is 11.8 Å². The fraction of sp³-hybridized carbons (Fsp3) is 0.176. The maximum absolute atomic E-state index is 12.2. The summed E-state index contributed by atoms with van der Waals surface area (Å²) >= 11 is 0. The second-order valence-electron chi connectivity index (χ2n) is 4.98. The van der Waals surface area contributed by atoms with Crippen LogP contribution in [0.4, 0.5) is 5.95 Å². The number of anilines is 1. The van der Waals surface area contributed by atoms with Crippen molar-refractivity contribution in [1.29, 1.82) is 0 Å². The highest BCUT2D eigenvalue weighted by molar-refractivity contribution is 6.03. The summed E-state index contributed by atoms with van der Waals surface area (Å²) in [5.74, 6) is 1.43. The Hall–Kier alpha value is -3.42. The number of aromatic nitrogens is 4. The number of nitrogens with one attached hydrogen (secondary N) is 2. The van der Waals surface area contributed by atoms with E-state index in [4.69, 9.17) is 9.47 Å². The van der Waals surface area contributed by atoms with Crippen LogP contribution in [0.5, 0.6) is 11.6 Å². The average molecular weight is 339 g/mol. The van der Waals surface area contributed by atoms with Gasteiger partial charge in [0, 0.05) is 12.3 Å². The first-order valence-corrected chi connectivity index (χ1v) is 7.67. The second-order valence-corrected chi connectivity index (χ2v) is 4.98. The van der Waals surface area contributed by atoms with Gasteiger partial charge in [0.25, 0.3) is 5.91 Å². The lowest BCUT2D eigenvalue weighted by molar-refractivity contribution is 0.102. The number of carbonyl (C=O) groups is 1. The smallest absolute Gasteiger partial charge is 0.259 e. The third kappa shape index (κ3) is 3.74. The Labute approximate surface area is 144 Å². The molecule has 2 aromatic heterocycles. The molecule has 0 saturated carbocycles. The van der Waals surface area contributed by atoms with Gasteiger partial charge in [0.15, 0.2) is 5.82 Å². The molecule has 0 atom stereocenters. The molecule has 2 N–H and O–H groups in total. The molecule has 0 saturated heterocycles. The van der Waals surface area contributed by atoms with E-state index < -0.39 is 0 Å². The largest absolute Gasteiger partial charge is 0.496 e. The number of nitrogens with zero attached hydrogens (tertiary/aromatic N) is 3. The van der Waals surface area contributed by atoms with Crippen LogP contribution in [0.25, 0.3) is 11.4 Å². The highest BCUT2D eigenvalue weighted by Gasteiger charge is 2.13. The zero-order valence-electron chi connectivity index (χ0n) is 13.8. The number of hydrogen-bond donors (Lipinski definition) is 2. The number of amides is 1. The Morgan fingerprint density at radius 3 is 2.80 bits per heavy atom. The van der Waals surface area contributed by atoms with Crippen molar-refractivity contribution in [3.05, 3.63) is 48.2 Å². The summed E-state index contributed by atoms with van der Waals surface area (Å²) in [6.45, 7) is 2.38. The Balaban J connectivity index is 1.73. The quantitative estimate of drug-likeness (QED) is 0.715. The van der Waals surface area contributed by atoms with Gasteiger partial charge in [-0.05, 0) is 25.1 Å². The van der Waals surface area contributed by atoms with Gasteiger partial charge >= 0.3 is 0 Å². The van der Waals surface area contributed by atoms with Crippen LogP contribution in [0.2, 0.25) is 0 Å². The number of para-hydroxylation sites is 1. The first-order chi connectivity index (χ1) is 12.2. The highest BCUT2D eigenvalue weighted by atomic mass is 16.5. The number of methoxy groups -OCH3 is 1. The van der Waals surface area contributed by atoms with E-state index in [0.29, 0.717) is 29.6 Å². The molecule has 1 amide bonds. The predicted molar refractivity (Wildman–Crippen MR) is 91.7 cm³/mol. The summed E-state index contributed by atoms with van der Waals surface area (Å²) in [5, 5.41) is 9.42. The third-order valence-corrected chi connectivity index (χ3v) is 3.36. The fourth-order valence-electron chi connectivity index (χ4n) is 2.20. The molecule has 25 heavy (non-hydrogen) atoms. The molecule has 0 fully saturated rings. The Morgan fingerprint density at radius 2 is 2.08 bits per heavy atom. The molecule has 1 aromatic carbocycles. The molecule has 0 unspecified atom stereocenters. The maximum atomic E-state index is 12.2. The fourth-order valence-corrected chi connectivity index (χ4v) is 2.20. The molecular formula is C17H17N5O3. The Morgan fingerprint density at radius 1 is 1.24 bits per heavy atom. The van der Waals surface area contributed by atoms with Gasteiger partial charge in [0.05, 0.1) is 24.8 Å². The third-order valence-electron chi connectivity index (χ3n) is 3.36. The molecule has 0 aliphatic rings. The molecule has 8 heteroatoms. The lowest BCUT2D eigenvalue weighted by atomic mass is 10.2. The molecule has 0 radical (unpaired) electrons. The van der Waals surface area contributed by atoms with Gasteiger partial charge < -0.3 is 9.47 Å². The number of aromatic amines is 1. The molecule has 2 heterocycles. The van der Waals surface area contributed by atoms with Crippen molar-refractivity contribution in [2.75, 3.05) is 19.0 Å². The molecule has 0 aliphatic heterocycles. The van der Waals surface area contributed by atoms with E-state index in [0.717, 1.165) is 5.56 Å². The monoisotopic (exact) mass is 339 g/mol. The number of carbonyl (C=O) groups excluding carboxylic acids is 1. The average Bonchev–Trinajstić information content (AvgIpc) is 3.11. The summed E-state index contributed by atoms with van der Waals surface area (Å²) in [6, 6.07) is 10.7. The standard InChI is InChI=1S/C17H17N5O3/c1-3-25-14-9-8-11(10-18-14)16(23)20-17-19-15(21-22-17)12-6-4-5-7-13(12)24-2/h4-10H,3H2,1-2H3,(H2,19,20,21,22,23). The van der Waals surface area contributed by atoms with E-state index in [2.05, 4.69) is 25.5 Å². The minimum Gasteiger partial charge on any atom is -0.496 e. The van der Waals surface area contributed by atoms with Crippen LogP contribution in [0.1, 0.15) is 17.3 Å². The van der Waals surface area contributed by atoms with Crippen LogP contribution in [0.3, 0.4) is 0 Å². The van der Waals surface area contributed by atoms with Gasteiger partial charge in [-0.1, -0.05) is 12.1 Å². The van der Waals surface area contributed by atoms with Crippen LogP contribution in [0.15, 0.2) is 42.6 Å². The van der Waals surface area contributed by atoms with Crippen LogP contribution in [-0.2, 0) is 0 Å². The molecule has 0 bridgehead atoms. The minimum atomic E-state index is -0.360. The number of hydrogen-bond acceptors (Lipinski definition) is 6. The van der Waals surface area contributed by atoms with E-state index in [1.165, 1.54) is 6.20 Å². The number of rotatable bonds is 6. The zero-order valence-corrected chi connectivity index (χ0v) is 13.8. The van der Waals surface area contributed by atoms with Crippen molar-refractivity contribution in [3.63, 3.8) is 0 Å². The van der Waals surface area contributed by atoms with Gasteiger partial charge in [-0.3, -0.25) is 15.2 Å². The highest BCUT2D eigenvalue weighted by Crippen LogP contribution is 2.27. The first-order valence-electron chi connectivity index (χ1n) is 7.67. The Bertz CT molecular complexity index is 861. The minimum absolute atomic E-state index is 0.166. The maximum Gasteiger partial charge on any atom is 0.259 e. The molecule has 0 aliphatic carbocycles. The van der Waals surface area contributed by atoms with E-state index in [1.54, 1.807) is 19.2 Å². The van der Waals surface area contributed by atoms with Crippen LogP contribution in [-0.4, -0.2) is 39.8 Å². The summed E-state index contributed by atoms with van der Waals surface area (Å²) in [7, 11) is 1.58. The van der Waals surface area contributed by atoms with Crippen molar-refractivity contribution in [2.45, 2.75) is 6.92 Å². The summed E-state index contributed by atoms with van der Waals surface area (Å²) in [4.78, 5) is 20.6. The van der Waals surface area contributed by atoms with Crippen LogP contribution in [0, 0.1) is 0 Å². The van der Waals surface area contributed by atoms with E-state index in [1.807, 2.05) is 31.2 Å². The molecule has 3 rings (SSSR count). The SMILES string of the molecule is CCOc1ccc(C(=O)Nc2n[nH]c(-c3ccccc3OC)n2)cn1. The Kier molecular flexibility index (Phi) is 4.89. The van der Waals surface area contributed by atoms with E-state index in [-0.39, 0.29) is 11.9 Å². The lowest BCUT2D eigenvalue weighted by Gasteiger charge is -2.04. The van der Waals surface area contributed by atoms with Crippen molar-refractivity contribution >= 4 is 11.9 Å². The van der Waals surface area contributed by atoms with Gasteiger partial charge in [-0.25, -0.2) is 4.98 Å². The van der Waals surface area contributed by atoms with Crippen molar-refractivity contribution < 1.29 is 14.3 Å². The molecule has 0 spiro atoms. The topological polar surface area (TPSA) is 102 Å². The lowest BCUT2D eigenvalue weighted by Crippen LogP contribution is -2.13. The van der Waals surface area contributed by atoms with E-state index >= 15 is 0 Å². The van der Waals surface area contributed by atoms with Crippen molar-refractivity contribution in [1.82, 2.24) is 20.2 Å². The molecule has 128 valence electrons. The van der Waals surface area contributed by atoms with Crippen molar-refractivity contribution in [2.24, 2.45) is 0 Å². The molecule has 3 aromatic rings. The predicted octanol–water partition coefficient (Wildman–Crippen LogP) is 2.53. The van der Waals surface area contributed by atoms with Crippen LogP contribution >= 0.6 is 0 Å². The number of benzene rings is 1. The normalized spacial score (nSPS) is 10.3. The van der Waals surface area contributed by atoms with Gasteiger partial charge in [-0.2, -0.15) is 4.98 Å². The first kappa shape index (κ1) is 16.4. The van der Waals surface area contributed by atoms with Crippen LogP contribution < -0.4 is 14.8 Å². The number of pyridine rings is 1. The number of H-pyrrole nitrogens is 1. The molecular weight excluding hydrogens is 322 g/mol. The molecule has 8 nitrogen and oxygen atoms in total. The zero-order chi connectivity index (χ0) is 17.6. The van der Waals surface area contributed by atoms with Gasteiger partial charge in [0.1, 0.15) is 5.75 Å². The number of ether oxygens (including phenoxy) is 2. The summed E-state index contributed by atoms with van der Waals surface area (Å²) < 4.78 is 10.5. The second kappa shape index (κ2) is 7.43. The summed E-state index contributed by atoms with van der Waals surface area (Å²) in [6.07, 6.45) is 1.44. The van der Waals surface area contributed by atoms with E-state index in [9.17, 15) is 4.79 Å². The summed E-state index contributed by atoms with van der Waals surface area (Å²) in [5.41, 5.74) is 1.13. The van der Waals surface area contributed by atoms with Crippen molar-refractivity contribution in [3.8, 4) is 23.0 Å². The van der Waals surface area contributed by atoms with Gasteiger partial charge in [-0.15, -0.1) is 5.10 Å².